The highest BCUT2D eigenvalue weighted by Gasteiger charge is 2.08. The highest BCUT2D eigenvalue weighted by atomic mass is 127. The number of halogens is 1. The van der Waals surface area contributed by atoms with Crippen molar-refractivity contribution in [3.8, 4) is 11.8 Å². The first-order valence-electron chi connectivity index (χ1n) is 7.37. The number of benzene rings is 2. The Morgan fingerprint density at radius 1 is 1.12 bits per heavy atom. The van der Waals surface area contributed by atoms with Gasteiger partial charge in [0.2, 0.25) is 5.91 Å². The zero-order valence-electron chi connectivity index (χ0n) is 12.7. The van der Waals surface area contributed by atoms with Crippen LogP contribution >= 0.6 is 22.6 Å². The maximum absolute atomic E-state index is 12.2. The van der Waals surface area contributed by atoms with Crippen molar-refractivity contribution in [3.05, 3.63) is 81.7 Å². The summed E-state index contributed by atoms with van der Waals surface area (Å²) in [6, 6.07) is 19.3. The van der Waals surface area contributed by atoms with Crippen LogP contribution in [-0.2, 0) is 11.2 Å². The predicted molar refractivity (Wildman–Crippen MR) is 102 cm³/mol. The van der Waals surface area contributed by atoms with E-state index in [0.717, 1.165) is 14.8 Å². The molecule has 3 rings (SSSR count). The first-order valence-corrected chi connectivity index (χ1v) is 8.45. The summed E-state index contributed by atoms with van der Waals surface area (Å²) in [6.45, 7) is 0. The quantitative estimate of drug-likeness (QED) is 0.637. The molecule has 0 atom stereocenters. The Kier molecular flexibility index (Phi) is 4.96. The van der Waals surface area contributed by atoms with E-state index in [4.69, 9.17) is 5.26 Å². The second kappa shape index (κ2) is 7.32. The Hall–Kier alpha value is -2.59. The van der Waals surface area contributed by atoms with E-state index in [0.29, 0.717) is 11.3 Å². The van der Waals surface area contributed by atoms with Crippen LogP contribution in [0.4, 0.5) is 5.69 Å². The normalized spacial score (nSPS) is 10.2. The van der Waals surface area contributed by atoms with Gasteiger partial charge in [0.05, 0.1) is 17.7 Å². The number of aromatic nitrogens is 1. The molecule has 118 valence electrons. The van der Waals surface area contributed by atoms with E-state index in [1.54, 1.807) is 12.1 Å². The summed E-state index contributed by atoms with van der Waals surface area (Å²) in [4.78, 5) is 12.2. The molecule has 0 spiro atoms. The second-order valence-electron chi connectivity index (χ2n) is 5.28. The Morgan fingerprint density at radius 2 is 1.83 bits per heavy atom. The van der Waals surface area contributed by atoms with Gasteiger partial charge in [-0.1, -0.05) is 12.1 Å². The third-order valence-corrected chi connectivity index (χ3v) is 4.25. The minimum absolute atomic E-state index is 0.138. The fourth-order valence-corrected chi connectivity index (χ4v) is 2.88. The Morgan fingerprint density at radius 3 is 2.50 bits per heavy atom. The molecule has 2 aromatic carbocycles. The molecule has 0 saturated heterocycles. The Labute approximate surface area is 153 Å². The van der Waals surface area contributed by atoms with Crippen LogP contribution in [0, 0.1) is 14.9 Å². The first-order chi connectivity index (χ1) is 11.7. The van der Waals surface area contributed by atoms with E-state index in [1.165, 1.54) is 0 Å². The molecule has 0 aliphatic heterocycles. The van der Waals surface area contributed by atoms with Crippen LogP contribution in [0.3, 0.4) is 0 Å². The molecule has 4 nitrogen and oxygen atoms in total. The topological polar surface area (TPSA) is 57.8 Å². The largest absolute Gasteiger partial charge is 0.325 e. The Balaban J connectivity index is 1.68. The fraction of sp³-hybridized carbons (Fsp3) is 0.0526. The van der Waals surface area contributed by atoms with Crippen molar-refractivity contribution in [1.29, 1.82) is 5.26 Å². The SMILES string of the molecule is N#Cc1cc(I)ccc1NC(=O)Cc1ccc(-n2cccc2)cc1. The molecule has 0 saturated carbocycles. The van der Waals surface area contributed by atoms with Crippen LogP contribution < -0.4 is 5.32 Å². The predicted octanol–water partition coefficient (Wildman–Crippen LogP) is 4.13. The van der Waals surface area contributed by atoms with Crippen molar-refractivity contribution >= 4 is 34.2 Å². The molecular formula is C19H14IN3O. The van der Waals surface area contributed by atoms with Gasteiger partial charge in [-0.2, -0.15) is 5.26 Å². The minimum Gasteiger partial charge on any atom is -0.325 e. The molecule has 0 aliphatic carbocycles. The van der Waals surface area contributed by atoms with E-state index >= 15 is 0 Å². The van der Waals surface area contributed by atoms with Crippen molar-refractivity contribution in [3.63, 3.8) is 0 Å². The van der Waals surface area contributed by atoms with Gasteiger partial charge in [0.15, 0.2) is 0 Å². The summed E-state index contributed by atoms with van der Waals surface area (Å²) in [6.07, 6.45) is 4.21. The number of hydrogen-bond donors (Lipinski definition) is 1. The second-order valence-corrected chi connectivity index (χ2v) is 6.53. The lowest BCUT2D eigenvalue weighted by molar-refractivity contribution is -0.115. The molecule has 0 unspecified atom stereocenters. The molecule has 0 bridgehead atoms. The third-order valence-electron chi connectivity index (χ3n) is 3.58. The van der Waals surface area contributed by atoms with Crippen LogP contribution in [0.25, 0.3) is 5.69 Å². The standard InChI is InChI=1S/C19H14IN3O/c20-16-5-8-18(15(12-16)13-21)22-19(24)11-14-3-6-17(7-4-14)23-9-1-2-10-23/h1-10,12H,11H2,(H,22,24). The van der Waals surface area contributed by atoms with E-state index < -0.39 is 0 Å². The van der Waals surface area contributed by atoms with Gasteiger partial charge >= 0.3 is 0 Å². The van der Waals surface area contributed by atoms with Crippen LogP contribution in [0.2, 0.25) is 0 Å². The van der Waals surface area contributed by atoms with Crippen molar-refractivity contribution < 1.29 is 4.79 Å². The summed E-state index contributed by atoms with van der Waals surface area (Å²) < 4.78 is 2.97. The van der Waals surface area contributed by atoms with Gasteiger partial charge in [0.1, 0.15) is 6.07 Å². The maximum atomic E-state index is 12.2. The third kappa shape index (κ3) is 3.84. The van der Waals surface area contributed by atoms with Gasteiger partial charge in [-0.15, -0.1) is 0 Å². The van der Waals surface area contributed by atoms with E-state index in [2.05, 4.69) is 34.0 Å². The molecule has 1 amide bonds. The molecule has 24 heavy (non-hydrogen) atoms. The number of carbonyl (C=O) groups excluding carboxylic acids is 1. The molecule has 0 radical (unpaired) electrons. The zero-order valence-corrected chi connectivity index (χ0v) is 14.9. The molecule has 0 aliphatic rings. The number of carbonyl (C=O) groups is 1. The summed E-state index contributed by atoms with van der Waals surface area (Å²) in [5.41, 5.74) is 2.99. The number of nitrogens with one attached hydrogen (secondary N) is 1. The maximum Gasteiger partial charge on any atom is 0.228 e. The van der Waals surface area contributed by atoms with Crippen LogP contribution in [-0.4, -0.2) is 10.5 Å². The number of nitrogens with zero attached hydrogens (tertiary/aromatic N) is 2. The van der Waals surface area contributed by atoms with Crippen LogP contribution in [0.15, 0.2) is 67.0 Å². The molecule has 1 N–H and O–H groups in total. The highest BCUT2D eigenvalue weighted by Crippen LogP contribution is 2.18. The number of hydrogen-bond acceptors (Lipinski definition) is 2. The highest BCUT2D eigenvalue weighted by molar-refractivity contribution is 14.1. The van der Waals surface area contributed by atoms with E-state index in [1.807, 2.05) is 59.4 Å². The average Bonchev–Trinajstić information content (AvgIpc) is 3.11. The average molecular weight is 427 g/mol. The molecule has 5 heteroatoms. The number of amides is 1. The minimum atomic E-state index is -0.138. The van der Waals surface area contributed by atoms with Gasteiger partial charge in [-0.05, 0) is 70.6 Å². The van der Waals surface area contributed by atoms with Gasteiger partial charge in [0, 0.05) is 21.7 Å². The zero-order chi connectivity index (χ0) is 16.9. The Bertz CT molecular complexity index is 893. The summed E-state index contributed by atoms with van der Waals surface area (Å²) >= 11 is 2.14. The molecular weight excluding hydrogens is 413 g/mol. The van der Waals surface area contributed by atoms with Crippen molar-refractivity contribution in [2.45, 2.75) is 6.42 Å². The lowest BCUT2D eigenvalue weighted by Crippen LogP contribution is -2.15. The monoisotopic (exact) mass is 427 g/mol. The molecule has 3 aromatic rings. The lowest BCUT2D eigenvalue weighted by atomic mass is 10.1. The van der Waals surface area contributed by atoms with Crippen molar-refractivity contribution in [2.75, 3.05) is 5.32 Å². The van der Waals surface area contributed by atoms with E-state index in [9.17, 15) is 4.79 Å². The molecule has 0 fully saturated rings. The van der Waals surface area contributed by atoms with E-state index in [-0.39, 0.29) is 12.3 Å². The van der Waals surface area contributed by atoms with Crippen LogP contribution in [0.1, 0.15) is 11.1 Å². The number of rotatable bonds is 4. The lowest BCUT2D eigenvalue weighted by Gasteiger charge is -2.08. The smallest absolute Gasteiger partial charge is 0.228 e. The summed E-state index contributed by atoms with van der Waals surface area (Å²) in [5, 5.41) is 12.0. The van der Waals surface area contributed by atoms with Gasteiger partial charge in [-0.3, -0.25) is 4.79 Å². The number of nitriles is 1. The van der Waals surface area contributed by atoms with Gasteiger partial charge in [0.25, 0.3) is 0 Å². The first kappa shape index (κ1) is 16.3. The van der Waals surface area contributed by atoms with Crippen molar-refractivity contribution in [1.82, 2.24) is 4.57 Å². The summed E-state index contributed by atoms with van der Waals surface area (Å²) in [7, 11) is 0. The van der Waals surface area contributed by atoms with Gasteiger partial charge < -0.3 is 9.88 Å². The summed E-state index contributed by atoms with van der Waals surface area (Å²) in [5.74, 6) is -0.138. The number of anilines is 1. The fourth-order valence-electron chi connectivity index (χ4n) is 2.39. The van der Waals surface area contributed by atoms with Crippen molar-refractivity contribution in [2.24, 2.45) is 0 Å². The van der Waals surface area contributed by atoms with Crippen LogP contribution in [0.5, 0.6) is 0 Å². The van der Waals surface area contributed by atoms with Gasteiger partial charge in [-0.25, -0.2) is 0 Å². The molecule has 1 aromatic heterocycles. The molecule has 1 heterocycles.